The molecule has 1 saturated carbocycles. The van der Waals surface area contributed by atoms with Crippen molar-refractivity contribution in [3.63, 3.8) is 0 Å². The number of benzene rings is 1. The van der Waals surface area contributed by atoms with Crippen LogP contribution in [0.3, 0.4) is 0 Å². The highest BCUT2D eigenvalue weighted by atomic mass is 79.9. The fourth-order valence-corrected chi connectivity index (χ4v) is 2.47. The van der Waals surface area contributed by atoms with Crippen LogP contribution in [0.15, 0.2) is 41.0 Å². The van der Waals surface area contributed by atoms with Crippen LogP contribution in [0.2, 0.25) is 0 Å². The van der Waals surface area contributed by atoms with Crippen molar-refractivity contribution in [1.29, 1.82) is 0 Å². The molecule has 0 saturated heterocycles. The summed E-state index contributed by atoms with van der Waals surface area (Å²) in [5.41, 5.74) is 1.92. The Morgan fingerprint density at radius 1 is 1.32 bits per heavy atom. The Kier molecular flexibility index (Phi) is 3.71. The van der Waals surface area contributed by atoms with Crippen molar-refractivity contribution in [2.75, 3.05) is 0 Å². The minimum Gasteiger partial charge on any atom is -0.346 e. The van der Waals surface area contributed by atoms with E-state index in [9.17, 15) is 4.39 Å². The molecule has 1 heterocycles. The van der Waals surface area contributed by atoms with E-state index in [2.05, 4.69) is 31.9 Å². The smallest absolute Gasteiger partial charge is 0.129 e. The normalized spacial score (nSPS) is 14.8. The molecule has 0 radical (unpaired) electrons. The molecule has 1 aromatic carbocycles. The lowest BCUT2D eigenvalue weighted by Gasteiger charge is -2.11. The molecule has 1 fully saturated rings. The van der Waals surface area contributed by atoms with E-state index in [0.29, 0.717) is 18.2 Å². The third-order valence-electron chi connectivity index (χ3n) is 3.43. The minimum atomic E-state index is -0.163. The molecular formula is C15H16BrFN2. The van der Waals surface area contributed by atoms with Crippen LogP contribution in [0.5, 0.6) is 0 Å². The first-order valence-electron chi connectivity index (χ1n) is 6.54. The SMILES string of the molecule is Fc1cc(Br)ccc1Cn1cccc1CNC1CC1. The van der Waals surface area contributed by atoms with Crippen LogP contribution in [0.4, 0.5) is 4.39 Å². The third kappa shape index (κ3) is 3.25. The van der Waals surface area contributed by atoms with Crippen LogP contribution in [0.25, 0.3) is 0 Å². The van der Waals surface area contributed by atoms with Gasteiger partial charge in [0.25, 0.3) is 0 Å². The molecule has 3 rings (SSSR count). The van der Waals surface area contributed by atoms with Crippen LogP contribution >= 0.6 is 15.9 Å². The van der Waals surface area contributed by atoms with Gasteiger partial charge in [-0.15, -0.1) is 0 Å². The van der Waals surface area contributed by atoms with Crippen molar-refractivity contribution in [2.24, 2.45) is 0 Å². The molecule has 19 heavy (non-hydrogen) atoms. The van der Waals surface area contributed by atoms with Crippen molar-refractivity contribution in [3.8, 4) is 0 Å². The monoisotopic (exact) mass is 322 g/mol. The van der Waals surface area contributed by atoms with Gasteiger partial charge in [0.2, 0.25) is 0 Å². The second-order valence-corrected chi connectivity index (χ2v) is 5.93. The number of hydrogen-bond donors (Lipinski definition) is 1. The molecule has 0 spiro atoms. The van der Waals surface area contributed by atoms with E-state index in [1.165, 1.54) is 24.6 Å². The Bertz CT molecular complexity index is 575. The molecule has 0 bridgehead atoms. The van der Waals surface area contributed by atoms with Gasteiger partial charge in [-0.1, -0.05) is 22.0 Å². The van der Waals surface area contributed by atoms with E-state index in [0.717, 1.165) is 11.0 Å². The van der Waals surface area contributed by atoms with E-state index in [1.54, 1.807) is 0 Å². The number of rotatable bonds is 5. The van der Waals surface area contributed by atoms with E-state index in [-0.39, 0.29) is 5.82 Å². The Labute approximate surface area is 120 Å². The molecule has 1 aliphatic rings. The number of aromatic nitrogens is 1. The van der Waals surface area contributed by atoms with Crippen LogP contribution < -0.4 is 5.32 Å². The van der Waals surface area contributed by atoms with E-state index >= 15 is 0 Å². The lowest BCUT2D eigenvalue weighted by Crippen LogP contribution is -2.18. The summed E-state index contributed by atoms with van der Waals surface area (Å²) >= 11 is 3.28. The molecule has 1 N–H and O–H groups in total. The molecule has 0 aliphatic heterocycles. The standard InChI is InChI=1S/C15H16BrFN2/c16-12-4-3-11(15(17)8-12)10-19-7-1-2-14(19)9-18-13-5-6-13/h1-4,7-8,13,18H,5-6,9-10H2. The van der Waals surface area contributed by atoms with Crippen LogP contribution in [-0.2, 0) is 13.1 Å². The fourth-order valence-electron chi connectivity index (χ4n) is 2.13. The van der Waals surface area contributed by atoms with Gasteiger partial charge in [-0.25, -0.2) is 4.39 Å². The highest BCUT2D eigenvalue weighted by Crippen LogP contribution is 2.20. The van der Waals surface area contributed by atoms with Crippen LogP contribution in [0, 0.1) is 5.82 Å². The summed E-state index contributed by atoms with van der Waals surface area (Å²) in [5.74, 6) is -0.163. The van der Waals surface area contributed by atoms with Crippen molar-refractivity contribution in [3.05, 3.63) is 58.1 Å². The molecular weight excluding hydrogens is 307 g/mol. The molecule has 4 heteroatoms. The summed E-state index contributed by atoms with van der Waals surface area (Å²) in [6.45, 7) is 1.43. The third-order valence-corrected chi connectivity index (χ3v) is 3.92. The maximum atomic E-state index is 13.8. The molecule has 0 unspecified atom stereocenters. The highest BCUT2D eigenvalue weighted by Gasteiger charge is 2.20. The zero-order valence-corrected chi connectivity index (χ0v) is 12.2. The number of nitrogens with one attached hydrogen (secondary N) is 1. The van der Waals surface area contributed by atoms with Gasteiger partial charge in [-0.3, -0.25) is 0 Å². The zero-order valence-electron chi connectivity index (χ0n) is 10.6. The van der Waals surface area contributed by atoms with Gasteiger partial charge >= 0.3 is 0 Å². The van der Waals surface area contributed by atoms with Crippen molar-refractivity contribution < 1.29 is 4.39 Å². The summed E-state index contributed by atoms with van der Waals surface area (Å²) in [7, 11) is 0. The second-order valence-electron chi connectivity index (χ2n) is 5.02. The van der Waals surface area contributed by atoms with Gasteiger partial charge in [-0.2, -0.15) is 0 Å². The first-order valence-corrected chi connectivity index (χ1v) is 7.33. The van der Waals surface area contributed by atoms with Crippen molar-refractivity contribution in [2.45, 2.75) is 32.0 Å². The van der Waals surface area contributed by atoms with E-state index in [4.69, 9.17) is 0 Å². The predicted octanol–water partition coefficient (Wildman–Crippen LogP) is 3.69. The van der Waals surface area contributed by atoms with E-state index in [1.807, 2.05) is 24.4 Å². The fraction of sp³-hybridized carbons (Fsp3) is 0.333. The number of hydrogen-bond acceptors (Lipinski definition) is 1. The Balaban J connectivity index is 1.73. The van der Waals surface area contributed by atoms with Gasteiger partial charge in [0.15, 0.2) is 0 Å². The van der Waals surface area contributed by atoms with E-state index < -0.39 is 0 Å². The molecule has 0 amide bonds. The Hall–Kier alpha value is -1.13. The summed E-state index contributed by atoms with van der Waals surface area (Å²) in [6.07, 6.45) is 4.56. The lowest BCUT2D eigenvalue weighted by atomic mass is 10.2. The molecule has 0 atom stereocenters. The topological polar surface area (TPSA) is 17.0 Å². The summed E-state index contributed by atoms with van der Waals surface area (Å²) in [5, 5.41) is 3.49. The number of nitrogens with zero attached hydrogens (tertiary/aromatic N) is 1. The Morgan fingerprint density at radius 3 is 2.89 bits per heavy atom. The first-order chi connectivity index (χ1) is 9.22. The summed E-state index contributed by atoms with van der Waals surface area (Å²) in [4.78, 5) is 0. The van der Waals surface area contributed by atoms with Gasteiger partial charge in [-0.05, 0) is 37.1 Å². The van der Waals surface area contributed by atoms with Gasteiger partial charge in [0.1, 0.15) is 5.82 Å². The van der Waals surface area contributed by atoms with Crippen molar-refractivity contribution >= 4 is 15.9 Å². The van der Waals surface area contributed by atoms with Crippen molar-refractivity contribution in [1.82, 2.24) is 9.88 Å². The quantitative estimate of drug-likeness (QED) is 0.888. The lowest BCUT2D eigenvalue weighted by molar-refractivity contribution is 0.586. The second kappa shape index (κ2) is 5.47. The van der Waals surface area contributed by atoms with Crippen LogP contribution in [-0.4, -0.2) is 10.6 Å². The van der Waals surface area contributed by atoms with Gasteiger partial charge < -0.3 is 9.88 Å². The summed E-state index contributed by atoms with van der Waals surface area (Å²) < 4.78 is 16.7. The molecule has 2 aromatic rings. The summed E-state index contributed by atoms with van der Waals surface area (Å²) in [6, 6.07) is 10.0. The first kappa shape index (κ1) is 12.9. The largest absolute Gasteiger partial charge is 0.346 e. The predicted molar refractivity (Wildman–Crippen MR) is 77.5 cm³/mol. The minimum absolute atomic E-state index is 0.163. The average molecular weight is 323 g/mol. The zero-order chi connectivity index (χ0) is 13.2. The Morgan fingerprint density at radius 2 is 2.16 bits per heavy atom. The maximum absolute atomic E-state index is 13.8. The molecule has 100 valence electrons. The maximum Gasteiger partial charge on any atom is 0.129 e. The molecule has 1 aromatic heterocycles. The van der Waals surface area contributed by atoms with Crippen LogP contribution in [0.1, 0.15) is 24.1 Å². The molecule has 2 nitrogen and oxygen atoms in total. The molecule has 1 aliphatic carbocycles. The highest BCUT2D eigenvalue weighted by molar-refractivity contribution is 9.10. The average Bonchev–Trinajstić information content (AvgIpc) is 3.11. The van der Waals surface area contributed by atoms with Gasteiger partial charge in [0.05, 0.1) is 6.54 Å². The number of halogens is 2. The van der Waals surface area contributed by atoms with Gasteiger partial charge in [0, 0.05) is 34.5 Å².